The van der Waals surface area contributed by atoms with Gasteiger partial charge in [-0.05, 0) is 45.6 Å². The fourth-order valence-corrected chi connectivity index (χ4v) is 2.92. The number of esters is 1. The van der Waals surface area contributed by atoms with Crippen LogP contribution in [0.1, 0.15) is 45.6 Å². The molecule has 0 radical (unpaired) electrons. The van der Waals surface area contributed by atoms with Gasteiger partial charge in [-0.3, -0.25) is 9.59 Å². The highest BCUT2D eigenvalue weighted by molar-refractivity contribution is 5.85. The average Bonchev–Trinajstić information content (AvgIpc) is 3.40. The third-order valence-electron chi connectivity index (χ3n) is 4.50. The van der Waals surface area contributed by atoms with E-state index in [0.717, 1.165) is 19.3 Å². The molecule has 0 aromatic heterocycles. The number of hydrogen-bond donors (Lipinski definition) is 1. The van der Waals surface area contributed by atoms with Gasteiger partial charge in [-0.15, -0.1) is 0 Å². The first-order chi connectivity index (χ1) is 13.3. The van der Waals surface area contributed by atoms with E-state index in [-0.39, 0.29) is 23.7 Å². The molecule has 1 fully saturated rings. The Bertz CT molecular complexity index is 620. The van der Waals surface area contributed by atoms with Gasteiger partial charge in [0.1, 0.15) is 5.60 Å². The van der Waals surface area contributed by atoms with Gasteiger partial charge in [0.2, 0.25) is 5.91 Å². The molecule has 1 aromatic rings. The van der Waals surface area contributed by atoms with Gasteiger partial charge < -0.3 is 19.5 Å². The molecule has 0 aliphatic heterocycles. The standard InChI is InChI=1S/C22H33NO5/c1-21(2,3)28-19(24)9-13-26-15-16-27-14-12-23-20(25)22(10-11-22)17-18-7-5-4-6-8-18/h4-8H,9-17H2,1-3H3,(H,23,25). The fraction of sp³-hybridized carbons (Fsp3) is 0.636. The average molecular weight is 392 g/mol. The van der Waals surface area contributed by atoms with Gasteiger partial charge in [0, 0.05) is 6.54 Å². The van der Waals surface area contributed by atoms with Crippen LogP contribution >= 0.6 is 0 Å². The maximum absolute atomic E-state index is 12.4. The highest BCUT2D eigenvalue weighted by atomic mass is 16.6. The lowest BCUT2D eigenvalue weighted by Gasteiger charge is -2.19. The first-order valence-electron chi connectivity index (χ1n) is 10.0. The van der Waals surface area contributed by atoms with Gasteiger partial charge in [-0.1, -0.05) is 30.3 Å². The smallest absolute Gasteiger partial charge is 0.308 e. The van der Waals surface area contributed by atoms with E-state index < -0.39 is 5.60 Å². The molecule has 2 rings (SSSR count). The van der Waals surface area contributed by atoms with Crippen LogP contribution in [0, 0.1) is 5.41 Å². The zero-order valence-corrected chi connectivity index (χ0v) is 17.3. The molecule has 1 amide bonds. The second-order valence-corrected chi connectivity index (χ2v) is 8.26. The van der Waals surface area contributed by atoms with Crippen molar-refractivity contribution >= 4 is 11.9 Å². The summed E-state index contributed by atoms with van der Waals surface area (Å²) in [5.41, 5.74) is 0.506. The van der Waals surface area contributed by atoms with Crippen LogP contribution in [0.4, 0.5) is 0 Å². The quantitative estimate of drug-likeness (QED) is 0.438. The minimum absolute atomic E-state index is 0.119. The van der Waals surface area contributed by atoms with E-state index in [2.05, 4.69) is 17.4 Å². The number of rotatable bonds is 12. The minimum Gasteiger partial charge on any atom is -0.460 e. The van der Waals surface area contributed by atoms with Crippen LogP contribution in [0.15, 0.2) is 30.3 Å². The van der Waals surface area contributed by atoms with E-state index in [4.69, 9.17) is 14.2 Å². The van der Waals surface area contributed by atoms with Gasteiger partial charge >= 0.3 is 5.97 Å². The molecule has 1 aliphatic rings. The van der Waals surface area contributed by atoms with E-state index in [9.17, 15) is 9.59 Å². The summed E-state index contributed by atoms with van der Waals surface area (Å²) in [7, 11) is 0. The van der Waals surface area contributed by atoms with E-state index in [1.165, 1.54) is 5.56 Å². The normalized spacial score (nSPS) is 15.1. The summed E-state index contributed by atoms with van der Waals surface area (Å²) in [6.07, 6.45) is 2.92. The zero-order chi connectivity index (χ0) is 20.5. The molecule has 1 aromatic carbocycles. The SMILES string of the molecule is CC(C)(C)OC(=O)CCOCCOCCNC(=O)C1(Cc2ccccc2)CC1. The van der Waals surface area contributed by atoms with Crippen molar-refractivity contribution in [1.82, 2.24) is 5.32 Å². The summed E-state index contributed by atoms with van der Waals surface area (Å²) in [5, 5.41) is 2.98. The van der Waals surface area contributed by atoms with Crippen molar-refractivity contribution in [2.45, 2.75) is 52.1 Å². The molecule has 6 heteroatoms. The lowest BCUT2D eigenvalue weighted by molar-refractivity contribution is -0.156. The van der Waals surface area contributed by atoms with Gasteiger partial charge in [-0.2, -0.15) is 0 Å². The highest BCUT2D eigenvalue weighted by Crippen LogP contribution is 2.48. The molecule has 28 heavy (non-hydrogen) atoms. The summed E-state index contributed by atoms with van der Waals surface area (Å²) in [4.78, 5) is 24.0. The summed E-state index contributed by atoms with van der Waals surface area (Å²) in [5.74, 6) is -0.144. The fourth-order valence-electron chi connectivity index (χ4n) is 2.92. The number of amides is 1. The van der Waals surface area contributed by atoms with Gasteiger partial charge in [0.05, 0.1) is 38.3 Å². The van der Waals surface area contributed by atoms with Crippen molar-refractivity contribution in [3.05, 3.63) is 35.9 Å². The molecule has 0 heterocycles. The van der Waals surface area contributed by atoms with Crippen LogP contribution in [-0.4, -0.2) is 50.4 Å². The molecule has 0 saturated heterocycles. The predicted molar refractivity (Wildman–Crippen MR) is 107 cm³/mol. The molecule has 1 aliphatic carbocycles. The van der Waals surface area contributed by atoms with Crippen LogP contribution < -0.4 is 5.32 Å². The lowest BCUT2D eigenvalue weighted by atomic mass is 9.95. The van der Waals surface area contributed by atoms with E-state index in [1.807, 2.05) is 39.0 Å². The molecule has 0 bridgehead atoms. The van der Waals surface area contributed by atoms with Crippen molar-refractivity contribution in [1.29, 1.82) is 0 Å². The van der Waals surface area contributed by atoms with E-state index in [0.29, 0.717) is 33.0 Å². The topological polar surface area (TPSA) is 73.9 Å². The Morgan fingerprint density at radius 3 is 2.25 bits per heavy atom. The number of benzene rings is 1. The number of carbonyl (C=O) groups excluding carboxylic acids is 2. The molecule has 0 spiro atoms. The van der Waals surface area contributed by atoms with Gasteiger partial charge in [-0.25, -0.2) is 0 Å². The number of carbonyl (C=O) groups is 2. The van der Waals surface area contributed by atoms with Crippen LogP contribution in [0.25, 0.3) is 0 Å². The largest absolute Gasteiger partial charge is 0.460 e. The van der Waals surface area contributed by atoms with Crippen LogP contribution in [0.5, 0.6) is 0 Å². The number of hydrogen-bond acceptors (Lipinski definition) is 5. The van der Waals surface area contributed by atoms with Crippen molar-refractivity contribution in [2.75, 3.05) is 33.0 Å². The minimum atomic E-state index is -0.467. The first-order valence-corrected chi connectivity index (χ1v) is 10.0. The third kappa shape index (κ3) is 8.40. The Labute approximate surface area is 167 Å². The maximum atomic E-state index is 12.4. The van der Waals surface area contributed by atoms with Crippen LogP contribution in [-0.2, 0) is 30.2 Å². The van der Waals surface area contributed by atoms with Crippen molar-refractivity contribution in [2.24, 2.45) is 5.41 Å². The van der Waals surface area contributed by atoms with Crippen molar-refractivity contribution in [3.63, 3.8) is 0 Å². The van der Waals surface area contributed by atoms with Crippen molar-refractivity contribution < 1.29 is 23.8 Å². The van der Waals surface area contributed by atoms with Crippen LogP contribution in [0.3, 0.4) is 0 Å². The Kier molecular flexibility index (Phi) is 8.45. The summed E-state index contributed by atoms with van der Waals surface area (Å²) in [6.45, 7) is 7.61. The second-order valence-electron chi connectivity index (χ2n) is 8.26. The summed E-state index contributed by atoms with van der Waals surface area (Å²) in [6, 6.07) is 10.1. The highest BCUT2D eigenvalue weighted by Gasteiger charge is 2.49. The molecule has 0 atom stereocenters. The van der Waals surface area contributed by atoms with E-state index >= 15 is 0 Å². The Hall–Kier alpha value is -1.92. The first kappa shape index (κ1) is 22.4. The molecule has 156 valence electrons. The Balaban J connectivity index is 1.47. The van der Waals surface area contributed by atoms with Crippen LogP contribution in [0.2, 0.25) is 0 Å². The zero-order valence-electron chi connectivity index (χ0n) is 17.3. The number of ether oxygens (including phenoxy) is 3. The van der Waals surface area contributed by atoms with Gasteiger partial charge in [0.15, 0.2) is 0 Å². The molecule has 6 nitrogen and oxygen atoms in total. The Morgan fingerprint density at radius 2 is 1.64 bits per heavy atom. The molecular weight excluding hydrogens is 358 g/mol. The summed E-state index contributed by atoms with van der Waals surface area (Å²) < 4.78 is 16.0. The number of nitrogens with one attached hydrogen (secondary N) is 1. The molecular formula is C22H33NO5. The maximum Gasteiger partial charge on any atom is 0.308 e. The molecule has 1 N–H and O–H groups in total. The molecule has 0 unspecified atom stereocenters. The van der Waals surface area contributed by atoms with Crippen molar-refractivity contribution in [3.8, 4) is 0 Å². The lowest BCUT2D eigenvalue weighted by Crippen LogP contribution is -2.35. The second kappa shape index (κ2) is 10.6. The predicted octanol–water partition coefficient (Wildman–Crippen LogP) is 2.89. The van der Waals surface area contributed by atoms with Gasteiger partial charge in [0.25, 0.3) is 0 Å². The molecule has 1 saturated carbocycles. The Morgan fingerprint density at radius 1 is 1.00 bits per heavy atom. The summed E-state index contributed by atoms with van der Waals surface area (Å²) >= 11 is 0. The third-order valence-corrected chi connectivity index (χ3v) is 4.50. The monoisotopic (exact) mass is 391 g/mol. The van der Waals surface area contributed by atoms with E-state index in [1.54, 1.807) is 0 Å².